The number of rotatable bonds is 5. The van der Waals surface area contributed by atoms with Gasteiger partial charge in [0.05, 0.1) is 12.1 Å². The van der Waals surface area contributed by atoms with Gasteiger partial charge in [-0.05, 0) is 29.8 Å². The van der Waals surface area contributed by atoms with E-state index in [-0.39, 0.29) is 18.1 Å². The largest absolute Gasteiger partial charge is 0.573 e. The van der Waals surface area contributed by atoms with E-state index in [0.717, 1.165) is 16.2 Å². The van der Waals surface area contributed by atoms with Crippen molar-refractivity contribution in [3.05, 3.63) is 71.9 Å². The molecule has 4 aromatic rings. The number of hydrogen-bond acceptors (Lipinski definition) is 4. The maximum Gasteiger partial charge on any atom is 0.573 e. The molecule has 0 bridgehead atoms. The van der Waals surface area contributed by atoms with Gasteiger partial charge in [0, 0.05) is 29.0 Å². The van der Waals surface area contributed by atoms with E-state index in [1.165, 1.54) is 24.3 Å². The van der Waals surface area contributed by atoms with Crippen LogP contribution in [0.3, 0.4) is 0 Å². The summed E-state index contributed by atoms with van der Waals surface area (Å²) in [5.41, 5.74) is 2.97. The summed E-state index contributed by atoms with van der Waals surface area (Å²) in [6, 6.07) is 12.5. The molecule has 9 heteroatoms. The van der Waals surface area contributed by atoms with E-state index in [4.69, 9.17) is 0 Å². The zero-order valence-electron chi connectivity index (χ0n) is 14.8. The highest BCUT2D eigenvalue weighted by Gasteiger charge is 2.30. The van der Waals surface area contributed by atoms with Crippen molar-refractivity contribution in [3.63, 3.8) is 0 Å². The molecular formula is C20H14F3N3O2S. The van der Waals surface area contributed by atoms with Gasteiger partial charge in [0.15, 0.2) is 4.96 Å². The fourth-order valence-corrected chi connectivity index (χ4v) is 3.49. The lowest BCUT2D eigenvalue weighted by atomic mass is 10.1. The summed E-state index contributed by atoms with van der Waals surface area (Å²) in [4.78, 5) is 17.6. The standard InChI is InChI=1S/C20H14F3N3O2S/c21-20(22,23)28-16-7-1-13(2-8-16)11-18(27)24-15-5-3-14(4-6-15)17-12-26-9-10-29-19(26)25-17/h1-10,12H,11H2,(H,24,27). The van der Waals surface area contributed by atoms with E-state index < -0.39 is 6.36 Å². The number of aromatic nitrogens is 2. The number of hydrogen-bond donors (Lipinski definition) is 1. The molecule has 0 aliphatic heterocycles. The van der Waals surface area contributed by atoms with Gasteiger partial charge in [0.2, 0.25) is 5.91 Å². The monoisotopic (exact) mass is 417 g/mol. The number of benzene rings is 2. The van der Waals surface area contributed by atoms with Gasteiger partial charge in [-0.25, -0.2) is 4.98 Å². The van der Waals surface area contributed by atoms with Crippen molar-refractivity contribution in [2.75, 3.05) is 5.32 Å². The van der Waals surface area contributed by atoms with E-state index in [1.807, 2.05) is 34.3 Å². The first-order valence-corrected chi connectivity index (χ1v) is 9.41. The quantitative estimate of drug-likeness (QED) is 0.489. The second-order valence-corrected chi connectivity index (χ2v) is 7.09. The van der Waals surface area contributed by atoms with Gasteiger partial charge in [-0.1, -0.05) is 24.3 Å². The first-order chi connectivity index (χ1) is 13.9. The molecule has 1 N–H and O–H groups in total. The highest BCUT2D eigenvalue weighted by molar-refractivity contribution is 7.15. The van der Waals surface area contributed by atoms with E-state index in [9.17, 15) is 18.0 Å². The summed E-state index contributed by atoms with van der Waals surface area (Å²) in [6.07, 6.45) is -0.832. The zero-order valence-corrected chi connectivity index (χ0v) is 15.6. The SMILES string of the molecule is O=C(Cc1ccc(OC(F)(F)F)cc1)Nc1ccc(-c2cn3ccsc3n2)cc1. The molecule has 1 amide bonds. The molecule has 0 saturated carbocycles. The Balaban J connectivity index is 1.36. The molecule has 2 aromatic carbocycles. The molecule has 0 atom stereocenters. The molecule has 5 nitrogen and oxygen atoms in total. The normalized spacial score (nSPS) is 11.6. The Bertz CT molecular complexity index is 1100. The number of ether oxygens (including phenoxy) is 1. The number of imidazole rings is 1. The molecule has 0 aliphatic rings. The molecule has 0 radical (unpaired) electrons. The molecule has 2 heterocycles. The van der Waals surface area contributed by atoms with Gasteiger partial charge >= 0.3 is 6.36 Å². The number of alkyl halides is 3. The number of fused-ring (bicyclic) bond motifs is 1. The second kappa shape index (κ2) is 7.59. The van der Waals surface area contributed by atoms with Crippen molar-refractivity contribution in [1.29, 1.82) is 0 Å². The van der Waals surface area contributed by atoms with Crippen molar-refractivity contribution in [2.45, 2.75) is 12.8 Å². The summed E-state index contributed by atoms with van der Waals surface area (Å²) >= 11 is 1.55. The number of nitrogens with zero attached hydrogens (tertiary/aromatic N) is 2. The third kappa shape index (κ3) is 4.75. The van der Waals surface area contributed by atoms with E-state index in [2.05, 4.69) is 15.0 Å². The number of thiazole rings is 1. The number of nitrogens with one attached hydrogen (secondary N) is 1. The predicted octanol–water partition coefficient (Wildman–Crippen LogP) is 5.14. The van der Waals surface area contributed by atoms with Crippen LogP contribution in [0.2, 0.25) is 0 Å². The number of anilines is 1. The molecule has 0 saturated heterocycles. The third-order valence-corrected chi connectivity index (χ3v) is 4.85. The average Bonchev–Trinajstić information content (AvgIpc) is 3.25. The molecule has 0 aliphatic carbocycles. The lowest BCUT2D eigenvalue weighted by Gasteiger charge is -2.09. The third-order valence-electron chi connectivity index (χ3n) is 4.08. The Labute approximate surface area is 167 Å². The predicted molar refractivity (Wildman–Crippen MR) is 104 cm³/mol. The van der Waals surface area contributed by atoms with Gasteiger partial charge in [0.25, 0.3) is 0 Å². The fraction of sp³-hybridized carbons (Fsp3) is 0.100. The smallest absolute Gasteiger partial charge is 0.406 e. The van der Waals surface area contributed by atoms with Crippen LogP contribution in [0.5, 0.6) is 5.75 Å². The van der Waals surface area contributed by atoms with Crippen LogP contribution in [0.25, 0.3) is 16.2 Å². The number of halogens is 3. The van der Waals surface area contributed by atoms with Gasteiger partial charge in [-0.2, -0.15) is 0 Å². The zero-order chi connectivity index (χ0) is 20.4. The first kappa shape index (κ1) is 19.0. The van der Waals surface area contributed by atoms with Crippen LogP contribution >= 0.6 is 11.3 Å². The van der Waals surface area contributed by atoms with E-state index in [1.54, 1.807) is 23.5 Å². The molecule has 29 heavy (non-hydrogen) atoms. The molecule has 0 spiro atoms. The van der Waals surface area contributed by atoms with Crippen LogP contribution in [0.15, 0.2) is 66.3 Å². The summed E-state index contributed by atoms with van der Waals surface area (Å²) in [6.45, 7) is 0. The van der Waals surface area contributed by atoms with Gasteiger partial charge in [-0.3, -0.25) is 9.20 Å². The summed E-state index contributed by atoms with van der Waals surface area (Å²) in [7, 11) is 0. The average molecular weight is 417 g/mol. The molecular weight excluding hydrogens is 403 g/mol. The molecule has 4 rings (SSSR count). The van der Waals surface area contributed by atoms with Crippen molar-refractivity contribution >= 4 is 27.9 Å². The lowest BCUT2D eigenvalue weighted by Crippen LogP contribution is -2.17. The highest BCUT2D eigenvalue weighted by atomic mass is 32.1. The maximum atomic E-state index is 12.2. The van der Waals surface area contributed by atoms with Crippen LogP contribution in [0, 0.1) is 0 Å². The van der Waals surface area contributed by atoms with Crippen molar-refractivity contribution in [2.24, 2.45) is 0 Å². The number of amides is 1. The van der Waals surface area contributed by atoms with Crippen molar-refractivity contribution in [1.82, 2.24) is 9.38 Å². The topological polar surface area (TPSA) is 55.6 Å². The van der Waals surface area contributed by atoms with E-state index >= 15 is 0 Å². The summed E-state index contributed by atoms with van der Waals surface area (Å²) in [5.74, 6) is -0.596. The number of carbonyl (C=O) groups excluding carboxylic acids is 1. The van der Waals surface area contributed by atoms with Gasteiger partial charge in [0.1, 0.15) is 5.75 Å². The van der Waals surface area contributed by atoms with Gasteiger partial charge in [-0.15, -0.1) is 24.5 Å². The molecule has 0 fully saturated rings. The summed E-state index contributed by atoms with van der Waals surface area (Å²) < 4.78 is 42.3. The summed E-state index contributed by atoms with van der Waals surface area (Å²) in [5, 5.41) is 4.73. The van der Waals surface area contributed by atoms with Crippen LogP contribution in [0.4, 0.5) is 18.9 Å². The van der Waals surface area contributed by atoms with Gasteiger partial charge < -0.3 is 10.1 Å². The first-order valence-electron chi connectivity index (χ1n) is 8.53. The molecule has 0 unspecified atom stereocenters. The second-order valence-electron chi connectivity index (χ2n) is 6.21. The van der Waals surface area contributed by atoms with Crippen LogP contribution in [-0.2, 0) is 11.2 Å². The maximum absolute atomic E-state index is 12.2. The Kier molecular flexibility index (Phi) is 4.98. The Morgan fingerprint density at radius 2 is 1.83 bits per heavy atom. The molecule has 2 aromatic heterocycles. The van der Waals surface area contributed by atoms with Crippen LogP contribution in [-0.4, -0.2) is 21.7 Å². The Morgan fingerprint density at radius 1 is 1.10 bits per heavy atom. The van der Waals surface area contributed by atoms with Crippen molar-refractivity contribution < 1.29 is 22.7 Å². The minimum Gasteiger partial charge on any atom is -0.406 e. The van der Waals surface area contributed by atoms with Crippen LogP contribution < -0.4 is 10.1 Å². The minimum absolute atomic E-state index is 0.0331. The lowest BCUT2D eigenvalue weighted by molar-refractivity contribution is -0.274. The molecule has 148 valence electrons. The van der Waals surface area contributed by atoms with Crippen LogP contribution in [0.1, 0.15) is 5.56 Å². The minimum atomic E-state index is -4.74. The Hall–Kier alpha value is -3.33. The Morgan fingerprint density at radius 3 is 2.48 bits per heavy atom. The fourth-order valence-electron chi connectivity index (χ4n) is 2.79. The highest BCUT2D eigenvalue weighted by Crippen LogP contribution is 2.24. The van der Waals surface area contributed by atoms with E-state index in [0.29, 0.717) is 11.3 Å². The van der Waals surface area contributed by atoms with Crippen molar-refractivity contribution in [3.8, 4) is 17.0 Å². The number of carbonyl (C=O) groups is 1.